The predicted molar refractivity (Wildman–Crippen MR) is 67.6 cm³/mol. The molecule has 0 aliphatic rings. The van der Waals surface area contributed by atoms with Gasteiger partial charge < -0.3 is 5.11 Å². The molecule has 0 atom stereocenters. The largest absolute Gasteiger partial charge is 0.507 e. The lowest BCUT2D eigenvalue weighted by Gasteiger charge is -2.05. The average Bonchev–Trinajstić information content (AvgIpc) is 2.39. The Bertz CT molecular complexity index is 582. The highest BCUT2D eigenvalue weighted by Gasteiger charge is 2.04. The van der Waals surface area contributed by atoms with Crippen LogP contribution in [0.2, 0.25) is 0 Å². The first-order valence-corrected chi connectivity index (χ1v) is 5.57. The van der Waals surface area contributed by atoms with Crippen molar-refractivity contribution in [2.24, 2.45) is 0 Å². The first-order valence-electron chi connectivity index (χ1n) is 5.57. The number of rotatable bonds is 2. The van der Waals surface area contributed by atoms with Crippen molar-refractivity contribution in [1.82, 2.24) is 0 Å². The minimum atomic E-state index is 0.0305. The summed E-state index contributed by atoms with van der Waals surface area (Å²) < 4.78 is 0. The second kappa shape index (κ2) is 4.71. The number of benzene rings is 2. The van der Waals surface area contributed by atoms with Gasteiger partial charge in [0.25, 0.3) is 0 Å². The Hall–Kier alpha value is -2.27. The molecule has 0 heterocycles. The van der Waals surface area contributed by atoms with Gasteiger partial charge in [-0.2, -0.15) is 5.26 Å². The van der Waals surface area contributed by atoms with Crippen molar-refractivity contribution in [3.63, 3.8) is 0 Å². The Kier molecular flexibility index (Phi) is 3.11. The number of phenols is 1. The Morgan fingerprint density at radius 2 is 1.88 bits per heavy atom. The molecule has 0 aromatic heterocycles. The van der Waals surface area contributed by atoms with E-state index in [4.69, 9.17) is 5.26 Å². The molecular formula is C15H13NO. The Labute approximate surface area is 101 Å². The normalized spacial score (nSPS) is 9.88. The van der Waals surface area contributed by atoms with E-state index in [1.807, 2.05) is 24.3 Å². The Balaban J connectivity index is 2.49. The summed E-state index contributed by atoms with van der Waals surface area (Å²) in [5, 5.41) is 18.3. The number of aryl methyl sites for hydroxylation is 1. The van der Waals surface area contributed by atoms with E-state index in [1.165, 1.54) is 5.56 Å². The van der Waals surface area contributed by atoms with Gasteiger partial charge in [0.1, 0.15) is 11.8 Å². The van der Waals surface area contributed by atoms with Crippen LogP contribution in [0.5, 0.6) is 5.75 Å². The van der Waals surface area contributed by atoms with Gasteiger partial charge in [0.2, 0.25) is 0 Å². The summed E-state index contributed by atoms with van der Waals surface area (Å²) in [5.41, 5.74) is 3.59. The second-order valence-electron chi connectivity index (χ2n) is 3.90. The molecule has 0 amide bonds. The minimum absolute atomic E-state index is 0.0305. The van der Waals surface area contributed by atoms with E-state index in [-0.39, 0.29) is 5.75 Å². The molecule has 1 N–H and O–H groups in total. The summed E-state index contributed by atoms with van der Waals surface area (Å²) >= 11 is 0. The topological polar surface area (TPSA) is 44.0 Å². The van der Waals surface area contributed by atoms with Crippen molar-refractivity contribution < 1.29 is 5.11 Å². The van der Waals surface area contributed by atoms with Crippen LogP contribution in [0.4, 0.5) is 0 Å². The van der Waals surface area contributed by atoms with Crippen molar-refractivity contribution >= 4 is 0 Å². The molecule has 0 radical (unpaired) electrons. The fourth-order valence-corrected chi connectivity index (χ4v) is 1.78. The smallest absolute Gasteiger partial charge is 0.133 e. The van der Waals surface area contributed by atoms with Crippen LogP contribution in [0, 0.1) is 11.3 Å². The maximum absolute atomic E-state index is 9.46. The molecule has 0 saturated carbocycles. The van der Waals surface area contributed by atoms with E-state index in [1.54, 1.807) is 12.1 Å². The average molecular weight is 223 g/mol. The van der Waals surface area contributed by atoms with Gasteiger partial charge in [-0.05, 0) is 35.2 Å². The summed E-state index contributed by atoms with van der Waals surface area (Å²) in [5.74, 6) is 0.0305. The molecule has 2 heteroatoms. The van der Waals surface area contributed by atoms with Gasteiger partial charge in [0.15, 0.2) is 0 Å². The highest BCUT2D eigenvalue weighted by Crippen LogP contribution is 2.26. The second-order valence-corrected chi connectivity index (χ2v) is 3.90. The maximum Gasteiger partial charge on any atom is 0.133 e. The summed E-state index contributed by atoms with van der Waals surface area (Å²) in [4.78, 5) is 0. The maximum atomic E-state index is 9.46. The van der Waals surface area contributed by atoms with Crippen LogP contribution in [0.25, 0.3) is 11.1 Å². The zero-order valence-corrected chi connectivity index (χ0v) is 9.64. The third-order valence-electron chi connectivity index (χ3n) is 2.79. The first kappa shape index (κ1) is 11.2. The van der Waals surface area contributed by atoms with Crippen LogP contribution in [0.1, 0.15) is 18.1 Å². The van der Waals surface area contributed by atoms with E-state index in [0.717, 1.165) is 17.5 Å². The molecule has 0 unspecified atom stereocenters. The van der Waals surface area contributed by atoms with E-state index in [9.17, 15) is 5.11 Å². The number of nitrogens with zero attached hydrogens (tertiary/aromatic N) is 1. The van der Waals surface area contributed by atoms with Crippen LogP contribution in [0.15, 0.2) is 42.5 Å². The standard InChI is InChI=1S/C15H13NO/c1-2-11-4-3-5-12(8-11)13-6-7-15(17)14(9-13)10-16/h3-9,17H,2H2,1H3. The van der Waals surface area contributed by atoms with Crippen LogP contribution >= 0.6 is 0 Å². The molecule has 0 saturated heterocycles. The van der Waals surface area contributed by atoms with E-state index >= 15 is 0 Å². The van der Waals surface area contributed by atoms with Gasteiger partial charge in [-0.15, -0.1) is 0 Å². The number of hydrogen-bond acceptors (Lipinski definition) is 2. The van der Waals surface area contributed by atoms with Gasteiger partial charge in [-0.3, -0.25) is 0 Å². The molecule has 2 rings (SSSR count). The number of nitriles is 1. The molecule has 2 aromatic carbocycles. The third kappa shape index (κ3) is 2.29. The van der Waals surface area contributed by atoms with Crippen LogP contribution in [-0.2, 0) is 6.42 Å². The van der Waals surface area contributed by atoms with E-state index < -0.39 is 0 Å². The highest BCUT2D eigenvalue weighted by molar-refractivity contribution is 5.67. The monoisotopic (exact) mass is 223 g/mol. The summed E-state index contributed by atoms with van der Waals surface area (Å²) in [7, 11) is 0. The van der Waals surface area contributed by atoms with Crippen molar-refractivity contribution in [2.45, 2.75) is 13.3 Å². The lowest BCUT2D eigenvalue weighted by atomic mass is 10.0. The SMILES string of the molecule is CCc1cccc(-c2ccc(O)c(C#N)c2)c1. The van der Waals surface area contributed by atoms with Gasteiger partial charge >= 0.3 is 0 Å². The Morgan fingerprint density at radius 1 is 1.12 bits per heavy atom. The number of hydrogen-bond donors (Lipinski definition) is 1. The quantitative estimate of drug-likeness (QED) is 0.846. The van der Waals surface area contributed by atoms with Crippen LogP contribution in [0.3, 0.4) is 0 Å². The van der Waals surface area contributed by atoms with Crippen molar-refractivity contribution in [3.05, 3.63) is 53.6 Å². The third-order valence-corrected chi connectivity index (χ3v) is 2.79. The fraction of sp³-hybridized carbons (Fsp3) is 0.133. The van der Waals surface area contributed by atoms with Crippen LogP contribution in [-0.4, -0.2) is 5.11 Å². The molecule has 17 heavy (non-hydrogen) atoms. The van der Waals surface area contributed by atoms with Crippen LogP contribution < -0.4 is 0 Å². The van der Waals surface area contributed by atoms with Gasteiger partial charge in [0.05, 0.1) is 5.56 Å². The first-order chi connectivity index (χ1) is 8.24. The Morgan fingerprint density at radius 3 is 2.59 bits per heavy atom. The van der Waals surface area contributed by atoms with Gasteiger partial charge in [-0.1, -0.05) is 37.3 Å². The van der Waals surface area contributed by atoms with Gasteiger partial charge in [0, 0.05) is 0 Å². The van der Waals surface area contributed by atoms with Crippen molar-refractivity contribution in [1.29, 1.82) is 5.26 Å². The highest BCUT2D eigenvalue weighted by atomic mass is 16.3. The number of phenolic OH excluding ortho intramolecular Hbond substituents is 1. The molecule has 0 bridgehead atoms. The fourth-order valence-electron chi connectivity index (χ4n) is 1.78. The minimum Gasteiger partial charge on any atom is -0.507 e. The molecule has 0 spiro atoms. The molecule has 0 aliphatic heterocycles. The lowest BCUT2D eigenvalue weighted by molar-refractivity contribution is 0.473. The molecular weight excluding hydrogens is 210 g/mol. The van der Waals surface area contributed by atoms with Crippen molar-refractivity contribution in [3.8, 4) is 22.9 Å². The zero-order chi connectivity index (χ0) is 12.3. The van der Waals surface area contributed by atoms with E-state index in [0.29, 0.717) is 5.56 Å². The summed E-state index contributed by atoms with van der Waals surface area (Å²) in [6, 6.07) is 15.3. The molecule has 0 fully saturated rings. The predicted octanol–water partition coefficient (Wildman–Crippen LogP) is 3.49. The molecule has 2 nitrogen and oxygen atoms in total. The molecule has 2 aromatic rings. The lowest BCUT2D eigenvalue weighted by Crippen LogP contribution is -1.84. The summed E-state index contributed by atoms with van der Waals surface area (Å²) in [6.45, 7) is 2.11. The van der Waals surface area contributed by atoms with Gasteiger partial charge in [-0.25, -0.2) is 0 Å². The molecule has 0 aliphatic carbocycles. The van der Waals surface area contributed by atoms with Crippen molar-refractivity contribution in [2.75, 3.05) is 0 Å². The van der Waals surface area contributed by atoms with E-state index in [2.05, 4.69) is 19.1 Å². The number of aromatic hydroxyl groups is 1. The zero-order valence-electron chi connectivity index (χ0n) is 9.64. The summed E-state index contributed by atoms with van der Waals surface area (Å²) in [6.07, 6.45) is 0.983. The molecule has 84 valence electrons.